The van der Waals surface area contributed by atoms with Crippen molar-refractivity contribution in [2.75, 3.05) is 0 Å². The Morgan fingerprint density at radius 3 is 2.54 bits per heavy atom. The van der Waals surface area contributed by atoms with Gasteiger partial charge in [-0.15, -0.1) is 11.3 Å². The molecule has 0 saturated heterocycles. The summed E-state index contributed by atoms with van der Waals surface area (Å²) < 4.78 is 2.74. The van der Waals surface area contributed by atoms with Gasteiger partial charge in [0, 0.05) is 28.6 Å². The highest BCUT2D eigenvalue weighted by atomic mass is 35.5. The van der Waals surface area contributed by atoms with E-state index in [1.54, 1.807) is 12.4 Å². The van der Waals surface area contributed by atoms with Gasteiger partial charge in [-0.1, -0.05) is 29.8 Å². The summed E-state index contributed by atoms with van der Waals surface area (Å²) in [5, 5.41) is 16.3. The molecule has 0 spiro atoms. The van der Waals surface area contributed by atoms with E-state index >= 15 is 0 Å². The molecule has 6 aromatic rings. The van der Waals surface area contributed by atoms with Crippen LogP contribution in [0, 0.1) is 6.92 Å². The number of hydrogen-bond donors (Lipinski definition) is 1. The Balaban J connectivity index is 1.50. The molecule has 0 fully saturated rings. The second-order valence-electron chi connectivity index (χ2n) is 8.82. The number of nitrogens with zero attached hydrogens (tertiary/aromatic N) is 5. The van der Waals surface area contributed by atoms with Gasteiger partial charge in [-0.25, -0.2) is 9.97 Å². The molecule has 6 rings (SSSR count). The molecule has 0 aliphatic carbocycles. The van der Waals surface area contributed by atoms with Crippen molar-refractivity contribution in [2.45, 2.75) is 13.3 Å². The summed E-state index contributed by atoms with van der Waals surface area (Å²) in [7, 11) is 1.91. The van der Waals surface area contributed by atoms with Crippen LogP contribution in [0.3, 0.4) is 0 Å². The van der Waals surface area contributed by atoms with E-state index in [4.69, 9.17) is 21.6 Å². The van der Waals surface area contributed by atoms with Crippen LogP contribution < -0.4 is 0 Å². The number of aromatic nitrogens is 5. The van der Waals surface area contributed by atoms with Crippen molar-refractivity contribution < 1.29 is 9.90 Å². The minimum absolute atomic E-state index is 0.0842. The number of carbonyl (C=O) groups is 1. The van der Waals surface area contributed by atoms with Gasteiger partial charge in [-0.3, -0.25) is 14.5 Å². The third-order valence-electron chi connectivity index (χ3n) is 6.37. The molecular weight excluding hydrogens is 506 g/mol. The van der Waals surface area contributed by atoms with Crippen molar-refractivity contribution in [1.29, 1.82) is 0 Å². The fraction of sp³-hybridized carbons (Fsp3) is 0.107. The number of rotatable bonds is 5. The first-order chi connectivity index (χ1) is 17.9. The summed E-state index contributed by atoms with van der Waals surface area (Å²) in [5.74, 6) is -0.883. The van der Waals surface area contributed by atoms with Crippen molar-refractivity contribution in [1.82, 2.24) is 24.7 Å². The van der Waals surface area contributed by atoms with Gasteiger partial charge >= 0.3 is 5.97 Å². The number of carboxylic acid groups (broad SMARTS) is 1. The van der Waals surface area contributed by atoms with Crippen LogP contribution in [0.2, 0.25) is 5.02 Å². The molecule has 9 heteroatoms. The lowest BCUT2D eigenvalue weighted by Gasteiger charge is -2.13. The Hall–Kier alpha value is -4.14. The predicted molar refractivity (Wildman–Crippen MR) is 147 cm³/mol. The Bertz CT molecular complexity index is 1820. The van der Waals surface area contributed by atoms with Crippen LogP contribution in [0.15, 0.2) is 67.1 Å². The Morgan fingerprint density at radius 2 is 1.76 bits per heavy atom. The molecule has 1 N–H and O–H groups in total. The highest BCUT2D eigenvalue weighted by molar-refractivity contribution is 7.22. The van der Waals surface area contributed by atoms with Crippen LogP contribution in [0.5, 0.6) is 0 Å². The number of fused-ring (bicyclic) bond motifs is 2. The van der Waals surface area contributed by atoms with E-state index in [0.29, 0.717) is 15.7 Å². The van der Waals surface area contributed by atoms with Gasteiger partial charge in [0.1, 0.15) is 10.7 Å². The average Bonchev–Trinajstić information content (AvgIpc) is 3.48. The smallest absolute Gasteiger partial charge is 0.307 e. The Morgan fingerprint density at radius 1 is 1.00 bits per heavy atom. The summed E-state index contributed by atoms with van der Waals surface area (Å²) in [6.45, 7) is 1.92. The summed E-state index contributed by atoms with van der Waals surface area (Å²) >= 11 is 7.61. The number of aryl methyl sites for hydroxylation is 2. The van der Waals surface area contributed by atoms with E-state index in [-0.39, 0.29) is 6.42 Å². The van der Waals surface area contributed by atoms with E-state index < -0.39 is 5.97 Å². The van der Waals surface area contributed by atoms with Crippen molar-refractivity contribution in [3.8, 4) is 33.1 Å². The van der Waals surface area contributed by atoms with Crippen molar-refractivity contribution in [2.24, 2.45) is 7.05 Å². The quantitative estimate of drug-likeness (QED) is 0.274. The van der Waals surface area contributed by atoms with E-state index in [9.17, 15) is 9.90 Å². The molecule has 3 aromatic heterocycles. The lowest BCUT2D eigenvalue weighted by Crippen LogP contribution is -2.04. The van der Waals surface area contributed by atoms with Gasteiger partial charge in [0.15, 0.2) is 0 Å². The van der Waals surface area contributed by atoms with Crippen LogP contribution in [0.1, 0.15) is 11.1 Å². The molecule has 0 aliphatic rings. The van der Waals surface area contributed by atoms with Gasteiger partial charge in [0.05, 0.1) is 46.4 Å². The normalized spacial score (nSPS) is 11.4. The molecule has 0 saturated carbocycles. The zero-order valence-corrected chi connectivity index (χ0v) is 21.5. The number of hydrogen-bond acceptors (Lipinski definition) is 6. The molecule has 3 aromatic carbocycles. The van der Waals surface area contributed by atoms with E-state index in [0.717, 1.165) is 54.6 Å². The van der Waals surface area contributed by atoms with Crippen molar-refractivity contribution >= 4 is 50.0 Å². The largest absolute Gasteiger partial charge is 0.481 e. The first-order valence-electron chi connectivity index (χ1n) is 11.5. The fourth-order valence-corrected chi connectivity index (χ4v) is 5.80. The molecule has 182 valence electrons. The van der Waals surface area contributed by atoms with Crippen LogP contribution in [0.25, 0.3) is 54.2 Å². The van der Waals surface area contributed by atoms with Crippen LogP contribution in [-0.2, 0) is 18.3 Å². The molecule has 3 heterocycles. The second kappa shape index (κ2) is 9.06. The summed E-state index contributed by atoms with van der Waals surface area (Å²) in [6.07, 6.45) is 5.19. The Labute approximate surface area is 221 Å². The molecule has 0 radical (unpaired) electrons. The zero-order valence-electron chi connectivity index (χ0n) is 19.9. The molecule has 0 amide bonds. The van der Waals surface area contributed by atoms with Crippen molar-refractivity contribution in [3.63, 3.8) is 0 Å². The lowest BCUT2D eigenvalue weighted by atomic mass is 9.93. The van der Waals surface area contributed by atoms with Gasteiger partial charge in [-0.2, -0.15) is 5.10 Å². The standard InChI is InChI=1S/C28H20ClN5O2S/c1-15-9-21-27(26(20(15)11-25(35)36)16-3-6-19(29)7-4-16)37-28(33-21)23-14-30-13-22(32-23)17-5-8-24-18(10-17)12-31-34(24)2/h3-10,12-14H,11H2,1-2H3,(H,35,36). The summed E-state index contributed by atoms with van der Waals surface area (Å²) in [6, 6.07) is 15.5. The maximum Gasteiger partial charge on any atom is 0.307 e. The minimum atomic E-state index is -0.883. The van der Waals surface area contributed by atoms with Crippen LogP contribution in [0.4, 0.5) is 0 Å². The molecule has 7 nitrogen and oxygen atoms in total. The number of aliphatic carboxylic acids is 1. The zero-order chi connectivity index (χ0) is 25.7. The average molecular weight is 526 g/mol. The van der Waals surface area contributed by atoms with Crippen LogP contribution in [-0.4, -0.2) is 35.8 Å². The highest BCUT2D eigenvalue weighted by Gasteiger charge is 2.20. The maximum absolute atomic E-state index is 11.7. The van der Waals surface area contributed by atoms with Gasteiger partial charge in [0.2, 0.25) is 0 Å². The SMILES string of the molecule is Cc1cc2nc(-c3cncc(-c4ccc5c(cnn5C)c4)n3)sc2c(-c2ccc(Cl)cc2)c1CC(=O)O. The van der Waals surface area contributed by atoms with Gasteiger partial charge in [-0.05, 0) is 53.9 Å². The predicted octanol–water partition coefficient (Wildman–Crippen LogP) is 6.56. The van der Waals surface area contributed by atoms with Crippen molar-refractivity contribution in [3.05, 3.63) is 83.3 Å². The number of carboxylic acids is 1. The topological polar surface area (TPSA) is 93.8 Å². The minimum Gasteiger partial charge on any atom is -0.481 e. The number of benzene rings is 3. The van der Waals surface area contributed by atoms with E-state index in [1.165, 1.54) is 11.3 Å². The number of thiazole rings is 1. The first kappa shape index (κ1) is 23.3. The Kier molecular flexibility index (Phi) is 5.70. The third-order valence-corrected chi connectivity index (χ3v) is 7.73. The van der Waals surface area contributed by atoms with Crippen LogP contribution >= 0.6 is 22.9 Å². The van der Waals surface area contributed by atoms with E-state index in [2.05, 4.69) is 16.1 Å². The monoisotopic (exact) mass is 525 g/mol. The number of halogens is 1. The second-order valence-corrected chi connectivity index (χ2v) is 10.3. The lowest BCUT2D eigenvalue weighted by molar-refractivity contribution is -0.136. The fourth-order valence-electron chi connectivity index (χ4n) is 4.58. The molecule has 37 heavy (non-hydrogen) atoms. The summed E-state index contributed by atoms with van der Waals surface area (Å²) in [4.78, 5) is 25.9. The highest BCUT2D eigenvalue weighted by Crippen LogP contribution is 2.41. The molecular formula is C28H20ClN5O2S. The first-order valence-corrected chi connectivity index (χ1v) is 12.7. The third kappa shape index (κ3) is 4.24. The van der Waals surface area contributed by atoms with E-state index in [1.807, 2.05) is 67.3 Å². The molecule has 0 bridgehead atoms. The molecule has 0 unspecified atom stereocenters. The van der Waals surface area contributed by atoms with Gasteiger partial charge < -0.3 is 5.11 Å². The molecule has 0 atom stereocenters. The summed E-state index contributed by atoms with van der Waals surface area (Å²) in [5.41, 5.74) is 7.58. The van der Waals surface area contributed by atoms with Gasteiger partial charge in [0.25, 0.3) is 0 Å². The molecule has 0 aliphatic heterocycles. The maximum atomic E-state index is 11.7.